The SMILES string of the molecule is COc1ccccc1C=CC(=COc1ccc2ccccc2c1)SC#N. The van der Waals surface area contributed by atoms with Crippen LogP contribution >= 0.6 is 11.8 Å². The van der Waals surface area contributed by atoms with Gasteiger partial charge in [0.2, 0.25) is 0 Å². The summed E-state index contributed by atoms with van der Waals surface area (Å²) in [5, 5.41) is 13.4. The van der Waals surface area contributed by atoms with Crippen molar-refractivity contribution in [2.24, 2.45) is 0 Å². The Balaban J connectivity index is 1.80. The van der Waals surface area contributed by atoms with E-state index in [9.17, 15) is 0 Å². The molecule has 0 aliphatic heterocycles. The minimum absolute atomic E-state index is 0.701. The van der Waals surface area contributed by atoms with E-state index in [1.807, 2.05) is 72.8 Å². The lowest BCUT2D eigenvalue weighted by Gasteiger charge is -2.05. The van der Waals surface area contributed by atoms with E-state index in [0.717, 1.165) is 39.6 Å². The monoisotopic (exact) mass is 359 g/mol. The van der Waals surface area contributed by atoms with Gasteiger partial charge in [0.1, 0.15) is 23.2 Å². The number of allylic oxidation sites excluding steroid dienone is 1. The highest BCUT2D eigenvalue weighted by atomic mass is 32.2. The molecule has 0 aliphatic carbocycles. The Labute approximate surface area is 157 Å². The first kappa shape index (κ1) is 17.7. The van der Waals surface area contributed by atoms with Gasteiger partial charge in [-0.3, -0.25) is 0 Å². The van der Waals surface area contributed by atoms with Crippen LogP contribution in [-0.4, -0.2) is 7.11 Å². The highest BCUT2D eigenvalue weighted by Crippen LogP contribution is 2.24. The molecule has 0 heterocycles. The molecule has 3 nitrogen and oxygen atoms in total. The number of thiocyanates is 1. The molecule has 3 aromatic carbocycles. The number of nitrogens with zero attached hydrogens (tertiary/aromatic N) is 1. The van der Waals surface area contributed by atoms with Crippen LogP contribution in [0.2, 0.25) is 0 Å². The fraction of sp³-hybridized carbons (Fsp3) is 0.0455. The fourth-order valence-corrected chi connectivity index (χ4v) is 2.83. The highest BCUT2D eigenvalue weighted by Gasteiger charge is 2.00. The molecular formula is C22H17NO2S. The van der Waals surface area contributed by atoms with Crippen molar-refractivity contribution < 1.29 is 9.47 Å². The topological polar surface area (TPSA) is 42.2 Å². The van der Waals surface area contributed by atoms with Crippen LogP contribution in [0.5, 0.6) is 11.5 Å². The minimum atomic E-state index is 0.701. The van der Waals surface area contributed by atoms with Gasteiger partial charge in [-0.15, -0.1) is 0 Å². The van der Waals surface area contributed by atoms with Gasteiger partial charge in [0.25, 0.3) is 0 Å². The summed E-state index contributed by atoms with van der Waals surface area (Å²) in [7, 11) is 1.64. The highest BCUT2D eigenvalue weighted by molar-refractivity contribution is 8.07. The van der Waals surface area contributed by atoms with E-state index in [1.54, 1.807) is 13.4 Å². The second kappa shape index (κ2) is 8.80. The number of para-hydroxylation sites is 1. The molecule has 3 rings (SSSR count). The quantitative estimate of drug-likeness (QED) is 0.308. The number of ether oxygens (including phenoxy) is 2. The molecule has 0 amide bonds. The van der Waals surface area contributed by atoms with E-state index in [4.69, 9.17) is 14.7 Å². The van der Waals surface area contributed by atoms with Crippen LogP contribution in [-0.2, 0) is 0 Å². The number of fused-ring (bicyclic) bond motifs is 1. The van der Waals surface area contributed by atoms with Crippen molar-refractivity contribution in [3.05, 3.63) is 89.5 Å². The fourth-order valence-electron chi connectivity index (χ4n) is 2.49. The smallest absolute Gasteiger partial charge is 0.138 e. The zero-order valence-electron chi connectivity index (χ0n) is 14.3. The summed E-state index contributed by atoms with van der Waals surface area (Å²) in [4.78, 5) is 0.701. The van der Waals surface area contributed by atoms with Crippen LogP contribution < -0.4 is 9.47 Å². The number of rotatable bonds is 6. The summed E-state index contributed by atoms with van der Waals surface area (Å²) in [5.41, 5.74) is 0.935. The zero-order chi connectivity index (χ0) is 18.2. The maximum Gasteiger partial charge on any atom is 0.138 e. The van der Waals surface area contributed by atoms with Crippen LogP contribution in [0.4, 0.5) is 0 Å². The number of hydrogen-bond acceptors (Lipinski definition) is 4. The van der Waals surface area contributed by atoms with Crippen LogP contribution in [0.3, 0.4) is 0 Å². The molecule has 128 valence electrons. The van der Waals surface area contributed by atoms with E-state index in [2.05, 4.69) is 11.5 Å². The molecule has 0 aliphatic rings. The summed E-state index contributed by atoms with van der Waals surface area (Å²) in [6, 6.07) is 21.7. The zero-order valence-corrected chi connectivity index (χ0v) is 15.1. The van der Waals surface area contributed by atoms with Crippen molar-refractivity contribution in [3.63, 3.8) is 0 Å². The summed E-state index contributed by atoms with van der Waals surface area (Å²) in [6.07, 6.45) is 5.33. The van der Waals surface area contributed by atoms with Gasteiger partial charge < -0.3 is 9.47 Å². The van der Waals surface area contributed by atoms with Crippen LogP contribution in [0.15, 0.2) is 84.0 Å². The van der Waals surface area contributed by atoms with Crippen molar-refractivity contribution in [2.75, 3.05) is 7.11 Å². The molecule has 0 fully saturated rings. The Morgan fingerprint density at radius 2 is 1.77 bits per heavy atom. The van der Waals surface area contributed by atoms with Crippen molar-refractivity contribution >= 4 is 28.6 Å². The predicted octanol–water partition coefficient (Wildman–Crippen LogP) is 6.00. The molecule has 0 radical (unpaired) electrons. The van der Waals surface area contributed by atoms with E-state index < -0.39 is 0 Å². The lowest BCUT2D eigenvalue weighted by atomic mass is 10.1. The molecule has 0 aromatic heterocycles. The van der Waals surface area contributed by atoms with Gasteiger partial charge in [-0.25, -0.2) is 0 Å². The van der Waals surface area contributed by atoms with E-state index in [1.165, 1.54) is 0 Å². The molecule has 0 saturated heterocycles. The average molecular weight is 359 g/mol. The molecule has 4 heteroatoms. The Kier molecular flexibility index (Phi) is 5.97. The van der Waals surface area contributed by atoms with Crippen molar-refractivity contribution in [1.29, 1.82) is 5.26 Å². The van der Waals surface area contributed by atoms with Crippen molar-refractivity contribution in [1.82, 2.24) is 0 Å². The largest absolute Gasteiger partial charge is 0.496 e. The maximum absolute atomic E-state index is 9.03. The standard InChI is InChI=1S/C22H17NO2S/c1-24-22-9-5-4-7-18(22)11-13-21(26-16-23)15-25-20-12-10-17-6-2-3-8-19(17)14-20/h2-15H,1H3. The maximum atomic E-state index is 9.03. The van der Waals surface area contributed by atoms with Gasteiger partial charge in [-0.05, 0) is 46.8 Å². The molecule has 3 aromatic rings. The van der Waals surface area contributed by atoms with Gasteiger partial charge in [-0.2, -0.15) is 5.26 Å². The van der Waals surface area contributed by atoms with Crippen LogP contribution in [0.1, 0.15) is 5.56 Å². The Morgan fingerprint density at radius 3 is 2.58 bits per heavy atom. The molecule has 0 spiro atoms. The normalized spacial score (nSPS) is 11.5. The van der Waals surface area contributed by atoms with Crippen LogP contribution in [0, 0.1) is 10.7 Å². The lowest BCUT2D eigenvalue weighted by Crippen LogP contribution is -1.86. The summed E-state index contributed by atoms with van der Waals surface area (Å²) >= 11 is 1.05. The van der Waals surface area contributed by atoms with E-state index in [-0.39, 0.29) is 0 Å². The minimum Gasteiger partial charge on any atom is -0.496 e. The molecule has 0 bridgehead atoms. The van der Waals surface area contributed by atoms with Gasteiger partial charge >= 0.3 is 0 Å². The Bertz CT molecular complexity index is 1000. The van der Waals surface area contributed by atoms with Crippen LogP contribution in [0.25, 0.3) is 16.8 Å². The first-order chi connectivity index (χ1) is 12.8. The third kappa shape index (κ3) is 4.47. The number of methoxy groups -OCH3 is 1. The van der Waals surface area contributed by atoms with E-state index in [0.29, 0.717) is 4.91 Å². The third-order valence-corrected chi connectivity index (χ3v) is 4.32. The Hall–Kier alpha value is -3.16. The Morgan fingerprint density at radius 1 is 1.00 bits per heavy atom. The second-order valence-corrected chi connectivity index (χ2v) is 6.27. The van der Waals surface area contributed by atoms with Gasteiger partial charge in [0, 0.05) is 5.56 Å². The summed E-state index contributed by atoms with van der Waals surface area (Å²) in [6.45, 7) is 0. The first-order valence-electron chi connectivity index (χ1n) is 8.03. The molecule has 26 heavy (non-hydrogen) atoms. The second-order valence-electron chi connectivity index (χ2n) is 5.42. The number of hydrogen-bond donors (Lipinski definition) is 0. The molecule has 0 saturated carbocycles. The summed E-state index contributed by atoms with van der Waals surface area (Å²) in [5.74, 6) is 1.51. The van der Waals surface area contributed by atoms with E-state index >= 15 is 0 Å². The molecule has 0 N–H and O–H groups in total. The number of thioether (sulfide) groups is 1. The average Bonchev–Trinajstić information content (AvgIpc) is 2.70. The third-order valence-electron chi connectivity index (χ3n) is 3.76. The first-order valence-corrected chi connectivity index (χ1v) is 8.84. The number of nitriles is 1. The summed E-state index contributed by atoms with van der Waals surface area (Å²) < 4.78 is 11.1. The lowest BCUT2D eigenvalue weighted by molar-refractivity contribution is 0.414. The van der Waals surface area contributed by atoms with Gasteiger partial charge in [0.05, 0.1) is 12.0 Å². The molecular weight excluding hydrogens is 342 g/mol. The molecule has 0 atom stereocenters. The van der Waals surface area contributed by atoms with Gasteiger partial charge in [0.15, 0.2) is 0 Å². The predicted molar refractivity (Wildman–Crippen MR) is 108 cm³/mol. The molecule has 0 unspecified atom stereocenters. The number of benzene rings is 3. The van der Waals surface area contributed by atoms with Gasteiger partial charge in [-0.1, -0.05) is 54.6 Å². The van der Waals surface area contributed by atoms with Crippen molar-refractivity contribution in [2.45, 2.75) is 0 Å². The van der Waals surface area contributed by atoms with Crippen molar-refractivity contribution in [3.8, 4) is 16.9 Å².